The van der Waals surface area contributed by atoms with Crippen molar-refractivity contribution in [2.45, 2.75) is 0 Å². The Morgan fingerprint density at radius 1 is 0.417 bits per heavy atom. The molecule has 0 aromatic heterocycles. The van der Waals surface area contributed by atoms with Gasteiger partial charge in [0.05, 0.1) is 0 Å². The number of ether oxygens (including phenoxy) is 9. The Hall–Kier alpha value is -2.88. The minimum atomic E-state index is -6.00. The van der Waals surface area contributed by atoms with Gasteiger partial charge in [-0.15, -0.1) is 0 Å². The van der Waals surface area contributed by atoms with Gasteiger partial charge in [0.1, 0.15) is 0 Å². The average Bonchev–Trinajstić information content (AvgIpc) is 3.07. The fourth-order valence-electron chi connectivity index (χ4n) is 3.93. The third-order valence-electron chi connectivity index (χ3n) is 5.96. The second-order valence-electron chi connectivity index (χ2n) is 9.50. The minimum absolute atomic E-state index is 0.424. The molecule has 0 fully saturated rings. The molecule has 0 amide bonds. The smallest absolute Gasteiger partial charge is 0.418 e. The van der Waals surface area contributed by atoms with Crippen molar-refractivity contribution >= 4 is 34.5 Å². The second kappa shape index (κ2) is 25.1. The third-order valence-corrected chi connectivity index (χ3v) is 10.8. The molecule has 3 aromatic rings. The number of halogens is 4. The van der Waals surface area contributed by atoms with E-state index in [-0.39, 0.29) is 0 Å². The van der Waals surface area contributed by atoms with Crippen molar-refractivity contribution in [3.63, 3.8) is 0 Å². The predicted octanol–water partition coefficient (Wildman–Crippen LogP) is 3.63. The molecular weight excluding hydrogens is 706 g/mol. The second-order valence-corrected chi connectivity index (χ2v) is 13.6. The maximum atomic E-state index is 9.75. The Balaban J connectivity index is 0.00000149. The van der Waals surface area contributed by atoms with E-state index in [0.717, 1.165) is 30.6 Å². The first-order valence-electron chi connectivity index (χ1n) is 15.3. The van der Waals surface area contributed by atoms with Crippen LogP contribution in [0.25, 0.3) is 0 Å². The summed E-state index contributed by atoms with van der Waals surface area (Å²) in [5.74, 6) is 2.45. The number of hydrogen-bond donors (Lipinski definition) is 0. The molecule has 0 bridgehead atoms. The summed E-state index contributed by atoms with van der Waals surface area (Å²) in [4.78, 5) is 0. The molecule has 0 radical (unpaired) electrons. The molecule has 48 heavy (non-hydrogen) atoms. The van der Waals surface area contributed by atoms with Crippen molar-refractivity contribution in [1.29, 1.82) is 0 Å². The number of methoxy groups -OCH3 is 3. The summed E-state index contributed by atoms with van der Waals surface area (Å²) >= 11 is -2.00. The van der Waals surface area contributed by atoms with Gasteiger partial charge in [-0.1, -0.05) is 0 Å². The van der Waals surface area contributed by atoms with Gasteiger partial charge in [-0.2, -0.15) is 0 Å². The fourth-order valence-corrected chi connectivity index (χ4v) is 8.84. The third kappa shape index (κ3) is 17.5. The first-order chi connectivity index (χ1) is 23.3. The van der Waals surface area contributed by atoms with Crippen molar-refractivity contribution < 1.29 is 59.9 Å². The monoisotopic (exact) mass is 752 g/mol. The largest absolute Gasteiger partial charge is 0.673 e. The Labute approximate surface area is 284 Å². The molecule has 0 aliphatic rings. The first-order valence-corrected chi connectivity index (χ1v) is 17.8. The van der Waals surface area contributed by atoms with E-state index in [9.17, 15) is 17.3 Å². The maximum Gasteiger partial charge on any atom is 0.673 e. The van der Waals surface area contributed by atoms with Crippen molar-refractivity contribution in [2.75, 3.05) is 101 Å². The number of hydrogen-bond acceptors (Lipinski definition) is 9. The van der Waals surface area contributed by atoms with Crippen LogP contribution in [0.4, 0.5) is 17.3 Å². The zero-order valence-corrected chi connectivity index (χ0v) is 29.3. The molecule has 0 spiro atoms. The summed E-state index contributed by atoms with van der Waals surface area (Å²) in [5.41, 5.74) is 0. The van der Waals surface area contributed by atoms with Gasteiger partial charge in [-0.25, -0.2) is 0 Å². The molecule has 0 heterocycles. The topological polar surface area (TPSA) is 83.1 Å². The van der Waals surface area contributed by atoms with Crippen molar-refractivity contribution in [2.24, 2.45) is 0 Å². The van der Waals surface area contributed by atoms with Crippen LogP contribution in [-0.2, 0) is 28.4 Å². The van der Waals surface area contributed by atoms with Gasteiger partial charge < -0.3 is 17.3 Å². The number of benzene rings is 3. The molecule has 0 saturated carbocycles. The SMILES string of the molecule is COCCOCCOc1ccccc1[Se+](c1ccccc1OCCOCCOC)c1ccccc1OCCOCCOC.F[B-](F)(F)F. The van der Waals surface area contributed by atoms with Crippen molar-refractivity contribution in [1.82, 2.24) is 0 Å². The zero-order chi connectivity index (χ0) is 34.9. The predicted molar refractivity (Wildman–Crippen MR) is 179 cm³/mol. The first kappa shape index (κ1) is 41.3. The van der Waals surface area contributed by atoms with Gasteiger partial charge in [-0.3, -0.25) is 0 Å². The summed E-state index contributed by atoms with van der Waals surface area (Å²) in [7, 11) is -1.02. The maximum absolute atomic E-state index is 9.75. The number of rotatable bonds is 24. The van der Waals surface area contributed by atoms with Crippen LogP contribution >= 0.6 is 0 Å². The Morgan fingerprint density at radius 3 is 0.938 bits per heavy atom. The van der Waals surface area contributed by atoms with Crippen LogP contribution in [0.5, 0.6) is 17.2 Å². The van der Waals surface area contributed by atoms with Crippen LogP contribution in [-0.4, -0.2) is 122 Å². The standard InChI is InChI=1S/C33H45O9Se.BF4/c1-34-16-19-37-22-25-40-28-10-4-7-13-31(28)43(32-14-8-5-11-29(32)41-26-23-38-20-17-35-2)33-15-9-6-12-30(33)42-27-24-39-21-18-36-3;2-1(3,4)5/h4-15H,16-27H2,1-3H3;/q+1;-1. The van der Waals surface area contributed by atoms with E-state index < -0.39 is 21.2 Å². The summed E-state index contributed by atoms with van der Waals surface area (Å²) < 4.78 is 93.4. The van der Waals surface area contributed by atoms with Crippen molar-refractivity contribution in [3.8, 4) is 17.2 Å². The Kier molecular flexibility index (Phi) is 21.6. The average molecular weight is 751 g/mol. The molecular formula is C33H45BF4O9Se. The van der Waals surface area contributed by atoms with Crippen LogP contribution in [0.15, 0.2) is 72.8 Å². The van der Waals surface area contributed by atoms with Crippen molar-refractivity contribution in [3.05, 3.63) is 72.8 Å². The van der Waals surface area contributed by atoms with E-state index in [1.54, 1.807) is 21.3 Å². The molecule has 3 aromatic carbocycles. The molecule has 0 aliphatic heterocycles. The fraction of sp³-hybridized carbons (Fsp3) is 0.455. The molecule has 0 unspecified atom stereocenters. The van der Waals surface area contributed by atoms with Gasteiger partial charge in [0.25, 0.3) is 0 Å². The van der Waals surface area contributed by atoms with E-state index in [4.69, 9.17) is 42.6 Å². The Bertz CT molecular complexity index is 1110. The quantitative estimate of drug-likeness (QED) is 0.0775. The van der Waals surface area contributed by atoms with Crippen LogP contribution in [0, 0.1) is 0 Å². The zero-order valence-electron chi connectivity index (χ0n) is 27.6. The molecule has 0 aliphatic carbocycles. The summed E-state index contributed by atoms with van der Waals surface area (Å²) in [5, 5.41) is 0. The summed E-state index contributed by atoms with van der Waals surface area (Å²) in [6.45, 7) is 5.89. The van der Waals surface area contributed by atoms with Crippen LogP contribution in [0.1, 0.15) is 0 Å². The van der Waals surface area contributed by atoms with Gasteiger partial charge in [-0.05, 0) is 0 Å². The molecule has 9 nitrogen and oxygen atoms in total. The normalized spacial score (nSPS) is 11.2. The summed E-state index contributed by atoms with van der Waals surface area (Å²) in [6.07, 6.45) is 0. The minimum Gasteiger partial charge on any atom is -0.418 e. The van der Waals surface area contributed by atoms with E-state index in [2.05, 4.69) is 18.2 Å². The van der Waals surface area contributed by atoms with Crippen LogP contribution < -0.4 is 27.6 Å². The summed E-state index contributed by atoms with van der Waals surface area (Å²) in [6, 6.07) is 24.6. The van der Waals surface area contributed by atoms with E-state index >= 15 is 0 Å². The molecule has 15 heteroatoms. The number of para-hydroxylation sites is 3. The van der Waals surface area contributed by atoms with Gasteiger partial charge in [0.15, 0.2) is 0 Å². The van der Waals surface area contributed by atoms with Gasteiger partial charge in [0.2, 0.25) is 0 Å². The molecule has 0 N–H and O–H groups in total. The molecule has 268 valence electrons. The van der Waals surface area contributed by atoms with Gasteiger partial charge in [0, 0.05) is 0 Å². The van der Waals surface area contributed by atoms with E-state index in [1.807, 2.05) is 54.6 Å². The molecule has 0 saturated heterocycles. The Morgan fingerprint density at radius 2 is 0.667 bits per heavy atom. The van der Waals surface area contributed by atoms with Gasteiger partial charge >= 0.3 is 268 Å². The van der Waals surface area contributed by atoms with Crippen LogP contribution in [0.3, 0.4) is 0 Å². The van der Waals surface area contributed by atoms with E-state index in [1.165, 1.54) is 0 Å². The van der Waals surface area contributed by atoms with E-state index in [0.29, 0.717) is 79.3 Å². The molecule has 3 rings (SSSR count). The van der Waals surface area contributed by atoms with Crippen LogP contribution in [0.2, 0.25) is 0 Å². The molecule has 0 atom stereocenters.